The number of nitrogens with zero attached hydrogens (tertiary/aromatic N) is 2. The molecule has 0 spiro atoms. The first-order chi connectivity index (χ1) is 13.6. The normalized spacial score (nSPS) is 14.6. The van der Waals surface area contributed by atoms with Gasteiger partial charge in [0.05, 0.1) is 14.2 Å². The molecule has 3 rings (SSSR count). The van der Waals surface area contributed by atoms with Gasteiger partial charge in [-0.2, -0.15) is 0 Å². The van der Waals surface area contributed by atoms with E-state index in [1.807, 2.05) is 4.90 Å². The van der Waals surface area contributed by atoms with Crippen molar-refractivity contribution in [2.24, 2.45) is 0 Å². The quantitative estimate of drug-likeness (QED) is 0.730. The lowest BCUT2D eigenvalue weighted by Gasteiger charge is -2.34. The fourth-order valence-electron chi connectivity index (χ4n) is 3.15. The van der Waals surface area contributed by atoms with Crippen molar-refractivity contribution in [3.8, 4) is 17.2 Å². The van der Waals surface area contributed by atoms with Gasteiger partial charge in [-0.3, -0.25) is 9.69 Å². The zero-order valence-electron chi connectivity index (χ0n) is 16.2. The molecule has 1 aliphatic heterocycles. The van der Waals surface area contributed by atoms with E-state index in [1.54, 1.807) is 44.6 Å². The lowest BCUT2D eigenvalue weighted by atomic mass is 10.1. The van der Waals surface area contributed by atoms with E-state index in [1.165, 1.54) is 12.1 Å². The highest BCUT2D eigenvalue weighted by atomic mass is 19.1. The lowest BCUT2D eigenvalue weighted by molar-refractivity contribution is 0.0620. The number of ether oxygens (including phenoxy) is 3. The predicted octanol–water partition coefficient (Wildman–Crippen LogP) is 2.68. The molecule has 0 radical (unpaired) electrons. The second-order valence-corrected chi connectivity index (χ2v) is 6.51. The summed E-state index contributed by atoms with van der Waals surface area (Å²) in [6.45, 7) is 4.16. The molecule has 0 saturated carbocycles. The zero-order chi connectivity index (χ0) is 19.9. The summed E-state index contributed by atoms with van der Waals surface area (Å²) < 4.78 is 29.0. The van der Waals surface area contributed by atoms with E-state index in [2.05, 4.69) is 4.90 Å². The summed E-state index contributed by atoms with van der Waals surface area (Å²) >= 11 is 0. The first kappa shape index (κ1) is 19.9. The molecular weight excluding hydrogens is 363 g/mol. The van der Waals surface area contributed by atoms with Gasteiger partial charge in [0, 0.05) is 38.3 Å². The number of carbonyl (C=O) groups is 1. The number of methoxy groups -OCH3 is 2. The van der Waals surface area contributed by atoms with Crippen molar-refractivity contribution in [1.29, 1.82) is 0 Å². The smallest absolute Gasteiger partial charge is 0.254 e. The maximum Gasteiger partial charge on any atom is 0.254 e. The molecule has 6 nitrogen and oxygen atoms in total. The molecule has 0 N–H and O–H groups in total. The molecule has 1 saturated heterocycles. The number of hydrogen-bond acceptors (Lipinski definition) is 5. The summed E-state index contributed by atoms with van der Waals surface area (Å²) in [5.74, 6) is 1.52. The van der Waals surface area contributed by atoms with Crippen molar-refractivity contribution < 1.29 is 23.4 Å². The van der Waals surface area contributed by atoms with Crippen LogP contribution in [0.5, 0.6) is 17.2 Å². The summed E-state index contributed by atoms with van der Waals surface area (Å²) in [6.07, 6.45) is 0. The average Bonchev–Trinajstić information content (AvgIpc) is 2.74. The Kier molecular flexibility index (Phi) is 6.71. The Labute approximate surface area is 164 Å². The third-order valence-electron chi connectivity index (χ3n) is 4.78. The standard InChI is InChI=1S/C21H25FN2O4/c1-26-19-8-3-16(15-20(19)27-2)21(25)24-11-9-23(10-12-24)13-14-28-18-6-4-17(22)5-7-18/h3-8,15H,9-14H2,1-2H3. The fraction of sp³-hybridized carbons (Fsp3) is 0.381. The number of benzene rings is 2. The van der Waals surface area contributed by atoms with Gasteiger partial charge >= 0.3 is 0 Å². The molecule has 2 aromatic carbocycles. The number of halogens is 1. The van der Waals surface area contributed by atoms with Gasteiger partial charge in [-0.25, -0.2) is 4.39 Å². The van der Waals surface area contributed by atoms with E-state index in [4.69, 9.17) is 14.2 Å². The van der Waals surface area contributed by atoms with E-state index in [9.17, 15) is 9.18 Å². The number of carbonyl (C=O) groups excluding carboxylic acids is 1. The first-order valence-electron chi connectivity index (χ1n) is 9.22. The number of amides is 1. The summed E-state index contributed by atoms with van der Waals surface area (Å²) in [4.78, 5) is 16.9. The summed E-state index contributed by atoms with van der Waals surface area (Å²) in [6, 6.07) is 11.2. The maximum atomic E-state index is 12.9. The monoisotopic (exact) mass is 388 g/mol. The van der Waals surface area contributed by atoms with Crippen molar-refractivity contribution in [3.05, 3.63) is 53.8 Å². The second-order valence-electron chi connectivity index (χ2n) is 6.51. The molecule has 0 aromatic heterocycles. The molecule has 0 unspecified atom stereocenters. The Morgan fingerprint density at radius 2 is 1.64 bits per heavy atom. The predicted molar refractivity (Wildman–Crippen MR) is 104 cm³/mol. The van der Waals surface area contributed by atoms with Crippen LogP contribution in [0.2, 0.25) is 0 Å². The molecule has 0 aliphatic carbocycles. The van der Waals surface area contributed by atoms with Gasteiger partial charge < -0.3 is 19.1 Å². The molecule has 1 aliphatic rings. The first-order valence-corrected chi connectivity index (χ1v) is 9.22. The van der Waals surface area contributed by atoms with Gasteiger partial charge in [-0.05, 0) is 42.5 Å². The van der Waals surface area contributed by atoms with Gasteiger partial charge in [-0.15, -0.1) is 0 Å². The topological polar surface area (TPSA) is 51.2 Å². The van der Waals surface area contributed by atoms with E-state index >= 15 is 0 Å². The fourth-order valence-corrected chi connectivity index (χ4v) is 3.15. The molecule has 1 heterocycles. The number of piperazine rings is 1. The van der Waals surface area contributed by atoms with Crippen molar-refractivity contribution in [1.82, 2.24) is 9.80 Å². The Morgan fingerprint density at radius 1 is 0.964 bits per heavy atom. The summed E-state index contributed by atoms with van der Waals surface area (Å²) in [7, 11) is 3.12. The molecule has 150 valence electrons. The van der Waals surface area contributed by atoms with Gasteiger partial charge in [0.25, 0.3) is 5.91 Å². The molecular formula is C21H25FN2O4. The van der Waals surface area contributed by atoms with Gasteiger partial charge in [0.2, 0.25) is 0 Å². The van der Waals surface area contributed by atoms with Crippen LogP contribution in [0.1, 0.15) is 10.4 Å². The van der Waals surface area contributed by atoms with Crippen LogP contribution in [0, 0.1) is 5.82 Å². The Bertz CT molecular complexity index is 789. The maximum absolute atomic E-state index is 12.9. The second kappa shape index (κ2) is 9.41. The van der Waals surface area contributed by atoms with Crippen LogP contribution in [-0.2, 0) is 0 Å². The SMILES string of the molecule is COc1ccc(C(=O)N2CCN(CCOc3ccc(F)cc3)CC2)cc1OC. The van der Waals surface area contributed by atoms with Crippen LogP contribution >= 0.6 is 0 Å². The molecule has 7 heteroatoms. The lowest BCUT2D eigenvalue weighted by Crippen LogP contribution is -2.49. The minimum Gasteiger partial charge on any atom is -0.493 e. The Hall–Kier alpha value is -2.80. The highest BCUT2D eigenvalue weighted by Crippen LogP contribution is 2.28. The van der Waals surface area contributed by atoms with Crippen LogP contribution in [0.3, 0.4) is 0 Å². The van der Waals surface area contributed by atoms with Crippen molar-refractivity contribution in [2.75, 3.05) is 53.6 Å². The van der Waals surface area contributed by atoms with Crippen LogP contribution in [-0.4, -0.2) is 69.3 Å². The summed E-state index contributed by atoms with van der Waals surface area (Å²) in [5.41, 5.74) is 0.589. The molecule has 1 fully saturated rings. The molecule has 28 heavy (non-hydrogen) atoms. The van der Waals surface area contributed by atoms with Crippen LogP contribution < -0.4 is 14.2 Å². The van der Waals surface area contributed by atoms with Gasteiger partial charge in [-0.1, -0.05) is 0 Å². The molecule has 0 bridgehead atoms. The average molecular weight is 388 g/mol. The molecule has 1 amide bonds. The molecule has 0 atom stereocenters. The van der Waals surface area contributed by atoms with Gasteiger partial charge in [0.1, 0.15) is 18.2 Å². The molecule has 2 aromatic rings. The van der Waals surface area contributed by atoms with E-state index < -0.39 is 0 Å². The van der Waals surface area contributed by atoms with E-state index in [0.717, 1.165) is 19.6 Å². The van der Waals surface area contributed by atoms with Crippen LogP contribution in [0.25, 0.3) is 0 Å². The van der Waals surface area contributed by atoms with Crippen molar-refractivity contribution in [2.45, 2.75) is 0 Å². The minimum atomic E-state index is -0.275. The van der Waals surface area contributed by atoms with E-state index in [-0.39, 0.29) is 11.7 Å². The Balaban J connectivity index is 1.46. The van der Waals surface area contributed by atoms with Crippen LogP contribution in [0.15, 0.2) is 42.5 Å². The van der Waals surface area contributed by atoms with Gasteiger partial charge in [0.15, 0.2) is 11.5 Å². The third kappa shape index (κ3) is 4.92. The minimum absolute atomic E-state index is 0.0110. The summed E-state index contributed by atoms with van der Waals surface area (Å²) in [5, 5.41) is 0. The van der Waals surface area contributed by atoms with Crippen molar-refractivity contribution in [3.63, 3.8) is 0 Å². The zero-order valence-corrected chi connectivity index (χ0v) is 16.2. The highest BCUT2D eigenvalue weighted by Gasteiger charge is 2.23. The van der Waals surface area contributed by atoms with E-state index in [0.29, 0.717) is 42.5 Å². The number of hydrogen-bond donors (Lipinski definition) is 0. The number of rotatable bonds is 7. The Morgan fingerprint density at radius 3 is 2.29 bits per heavy atom. The largest absolute Gasteiger partial charge is 0.493 e. The third-order valence-corrected chi connectivity index (χ3v) is 4.78. The highest BCUT2D eigenvalue weighted by molar-refractivity contribution is 5.95. The van der Waals surface area contributed by atoms with Crippen LogP contribution in [0.4, 0.5) is 4.39 Å². The van der Waals surface area contributed by atoms with Crippen molar-refractivity contribution >= 4 is 5.91 Å².